The van der Waals surface area contributed by atoms with Crippen LogP contribution in [0, 0.1) is 5.92 Å². The highest BCUT2D eigenvalue weighted by Gasteiger charge is 2.08. The maximum atomic E-state index is 9.21. The third-order valence-electron chi connectivity index (χ3n) is 2.48. The van der Waals surface area contributed by atoms with E-state index in [9.17, 15) is 5.11 Å². The van der Waals surface area contributed by atoms with Gasteiger partial charge in [-0.15, -0.1) is 0 Å². The Hall–Kier alpha value is -0.570. The fourth-order valence-electron chi connectivity index (χ4n) is 1.66. The topological polar surface area (TPSA) is 32.3 Å². The highest BCUT2D eigenvalue weighted by atomic mass is 35.5. The summed E-state index contributed by atoms with van der Waals surface area (Å²) < 4.78 is 0. The Bertz CT molecular complexity index is 297. The van der Waals surface area contributed by atoms with Crippen molar-refractivity contribution in [2.45, 2.75) is 32.9 Å². The zero-order chi connectivity index (χ0) is 12.0. The van der Waals surface area contributed by atoms with Crippen molar-refractivity contribution >= 4 is 11.6 Å². The lowest BCUT2D eigenvalue weighted by Gasteiger charge is -2.18. The standard InChI is InChI=1S/C13H20ClNO/c1-10(2)7-13(9-16)15-8-11-3-5-12(14)6-4-11/h3-6,10,13,15-16H,7-9H2,1-2H3. The Labute approximate surface area is 103 Å². The predicted octanol–water partition coefficient (Wildman–Crippen LogP) is 2.84. The molecule has 0 spiro atoms. The molecular formula is C13H20ClNO. The van der Waals surface area contributed by atoms with E-state index >= 15 is 0 Å². The SMILES string of the molecule is CC(C)CC(CO)NCc1ccc(Cl)cc1. The molecule has 0 heterocycles. The van der Waals surface area contributed by atoms with E-state index in [1.807, 2.05) is 24.3 Å². The Balaban J connectivity index is 2.40. The fraction of sp³-hybridized carbons (Fsp3) is 0.538. The minimum Gasteiger partial charge on any atom is -0.395 e. The fourth-order valence-corrected chi connectivity index (χ4v) is 1.78. The van der Waals surface area contributed by atoms with Crippen molar-refractivity contribution in [1.29, 1.82) is 0 Å². The molecule has 0 bridgehead atoms. The molecule has 0 aliphatic heterocycles. The molecular weight excluding hydrogens is 222 g/mol. The van der Waals surface area contributed by atoms with E-state index in [0.717, 1.165) is 18.0 Å². The van der Waals surface area contributed by atoms with Crippen molar-refractivity contribution in [3.05, 3.63) is 34.9 Å². The van der Waals surface area contributed by atoms with E-state index in [2.05, 4.69) is 19.2 Å². The summed E-state index contributed by atoms with van der Waals surface area (Å²) in [4.78, 5) is 0. The first-order valence-corrected chi connectivity index (χ1v) is 6.08. The molecule has 0 aromatic heterocycles. The molecule has 0 fully saturated rings. The highest BCUT2D eigenvalue weighted by molar-refractivity contribution is 6.30. The number of halogens is 1. The maximum Gasteiger partial charge on any atom is 0.0584 e. The molecule has 1 rings (SSSR count). The summed E-state index contributed by atoms with van der Waals surface area (Å²) in [6.07, 6.45) is 0.990. The normalized spacial score (nSPS) is 13.1. The zero-order valence-electron chi connectivity index (χ0n) is 9.91. The first kappa shape index (κ1) is 13.5. The summed E-state index contributed by atoms with van der Waals surface area (Å²) in [6, 6.07) is 7.94. The molecule has 0 saturated carbocycles. The predicted molar refractivity (Wildman–Crippen MR) is 68.6 cm³/mol. The molecule has 0 radical (unpaired) electrons. The lowest BCUT2D eigenvalue weighted by atomic mass is 10.0. The van der Waals surface area contributed by atoms with Gasteiger partial charge in [-0.1, -0.05) is 37.6 Å². The maximum absolute atomic E-state index is 9.21. The van der Waals surface area contributed by atoms with Gasteiger partial charge in [0.1, 0.15) is 0 Å². The van der Waals surface area contributed by atoms with E-state index in [1.54, 1.807) is 0 Å². The van der Waals surface area contributed by atoms with Crippen LogP contribution in [0.3, 0.4) is 0 Å². The second kappa shape index (κ2) is 6.89. The van der Waals surface area contributed by atoms with E-state index < -0.39 is 0 Å². The minimum atomic E-state index is 0.177. The molecule has 0 saturated heterocycles. The molecule has 1 unspecified atom stereocenters. The summed E-state index contributed by atoms with van der Waals surface area (Å²) in [5, 5.41) is 13.3. The third-order valence-corrected chi connectivity index (χ3v) is 2.74. The number of aliphatic hydroxyl groups is 1. The van der Waals surface area contributed by atoms with Gasteiger partial charge in [0, 0.05) is 17.6 Å². The van der Waals surface area contributed by atoms with E-state index in [1.165, 1.54) is 5.56 Å². The molecule has 2 nitrogen and oxygen atoms in total. The second-order valence-electron chi connectivity index (χ2n) is 4.52. The van der Waals surface area contributed by atoms with E-state index in [-0.39, 0.29) is 12.6 Å². The Morgan fingerprint density at radius 3 is 2.38 bits per heavy atom. The quantitative estimate of drug-likeness (QED) is 0.803. The monoisotopic (exact) mass is 241 g/mol. The zero-order valence-corrected chi connectivity index (χ0v) is 10.7. The summed E-state index contributed by atoms with van der Waals surface area (Å²) in [5.74, 6) is 0.592. The highest BCUT2D eigenvalue weighted by Crippen LogP contribution is 2.10. The van der Waals surface area contributed by atoms with Crippen LogP contribution in [0.2, 0.25) is 5.02 Å². The molecule has 0 amide bonds. The van der Waals surface area contributed by atoms with Gasteiger partial charge in [0.05, 0.1) is 6.61 Å². The van der Waals surface area contributed by atoms with Crippen LogP contribution in [-0.2, 0) is 6.54 Å². The molecule has 16 heavy (non-hydrogen) atoms. The molecule has 2 N–H and O–H groups in total. The lowest BCUT2D eigenvalue weighted by Crippen LogP contribution is -2.33. The lowest BCUT2D eigenvalue weighted by molar-refractivity contribution is 0.223. The average molecular weight is 242 g/mol. The number of benzene rings is 1. The smallest absolute Gasteiger partial charge is 0.0584 e. The van der Waals surface area contributed by atoms with Gasteiger partial charge in [-0.05, 0) is 30.0 Å². The number of aliphatic hydroxyl groups excluding tert-OH is 1. The molecule has 3 heteroatoms. The van der Waals surface area contributed by atoms with Gasteiger partial charge in [-0.25, -0.2) is 0 Å². The van der Waals surface area contributed by atoms with Crippen LogP contribution in [-0.4, -0.2) is 17.8 Å². The number of hydrogen-bond donors (Lipinski definition) is 2. The summed E-state index contributed by atoms with van der Waals surface area (Å²) in [7, 11) is 0. The van der Waals surface area contributed by atoms with Crippen LogP contribution in [0.25, 0.3) is 0 Å². The Morgan fingerprint density at radius 1 is 1.25 bits per heavy atom. The Morgan fingerprint density at radius 2 is 1.88 bits per heavy atom. The molecule has 1 aromatic rings. The number of hydrogen-bond acceptors (Lipinski definition) is 2. The van der Waals surface area contributed by atoms with Crippen LogP contribution < -0.4 is 5.32 Å². The van der Waals surface area contributed by atoms with Gasteiger partial charge in [0.15, 0.2) is 0 Å². The molecule has 1 aromatic carbocycles. The largest absolute Gasteiger partial charge is 0.395 e. The van der Waals surface area contributed by atoms with Gasteiger partial charge < -0.3 is 10.4 Å². The third kappa shape index (κ3) is 4.97. The average Bonchev–Trinajstić information content (AvgIpc) is 2.26. The van der Waals surface area contributed by atoms with Crippen LogP contribution >= 0.6 is 11.6 Å². The minimum absolute atomic E-state index is 0.177. The van der Waals surface area contributed by atoms with Crippen molar-refractivity contribution < 1.29 is 5.11 Å². The molecule has 90 valence electrons. The van der Waals surface area contributed by atoms with Gasteiger partial charge in [0.25, 0.3) is 0 Å². The summed E-state index contributed by atoms with van der Waals surface area (Å²) in [5.41, 5.74) is 1.19. The van der Waals surface area contributed by atoms with E-state index in [4.69, 9.17) is 11.6 Å². The van der Waals surface area contributed by atoms with Crippen LogP contribution in [0.5, 0.6) is 0 Å². The summed E-state index contributed by atoms with van der Waals surface area (Å²) in [6.45, 7) is 5.28. The molecule has 0 aliphatic rings. The van der Waals surface area contributed by atoms with Gasteiger partial charge in [-0.3, -0.25) is 0 Å². The van der Waals surface area contributed by atoms with Crippen molar-refractivity contribution in [3.8, 4) is 0 Å². The molecule has 1 atom stereocenters. The van der Waals surface area contributed by atoms with E-state index in [0.29, 0.717) is 5.92 Å². The first-order chi connectivity index (χ1) is 7.61. The van der Waals surface area contributed by atoms with Crippen LogP contribution in [0.15, 0.2) is 24.3 Å². The Kier molecular flexibility index (Phi) is 5.81. The van der Waals surface area contributed by atoms with Gasteiger partial charge >= 0.3 is 0 Å². The van der Waals surface area contributed by atoms with Crippen LogP contribution in [0.4, 0.5) is 0 Å². The molecule has 0 aliphatic carbocycles. The van der Waals surface area contributed by atoms with Crippen LogP contribution in [0.1, 0.15) is 25.8 Å². The van der Waals surface area contributed by atoms with Crippen molar-refractivity contribution in [1.82, 2.24) is 5.32 Å². The van der Waals surface area contributed by atoms with Crippen molar-refractivity contribution in [2.24, 2.45) is 5.92 Å². The number of rotatable bonds is 6. The van der Waals surface area contributed by atoms with Gasteiger partial charge in [-0.2, -0.15) is 0 Å². The second-order valence-corrected chi connectivity index (χ2v) is 4.95. The van der Waals surface area contributed by atoms with Crippen molar-refractivity contribution in [2.75, 3.05) is 6.61 Å². The summed E-state index contributed by atoms with van der Waals surface area (Å²) >= 11 is 5.81. The van der Waals surface area contributed by atoms with Crippen molar-refractivity contribution in [3.63, 3.8) is 0 Å². The van der Waals surface area contributed by atoms with Gasteiger partial charge in [0.2, 0.25) is 0 Å². The first-order valence-electron chi connectivity index (χ1n) is 5.70. The number of nitrogens with one attached hydrogen (secondary N) is 1.